The van der Waals surface area contributed by atoms with Gasteiger partial charge in [-0.3, -0.25) is 4.99 Å². The molecule has 4 nitrogen and oxygen atoms in total. The number of methoxy groups -OCH3 is 1. The largest absolute Gasteiger partial charge is 0.507 e. The first-order valence-corrected chi connectivity index (χ1v) is 8.20. The van der Waals surface area contributed by atoms with Gasteiger partial charge in [-0.2, -0.15) is 0 Å². The summed E-state index contributed by atoms with van der Waals surface area (Å²) in [6.07, 6.45) is 6.01. The van der Waals surface area contributed by atoms with Gasteiger partial charge in [0.25, 0.3) is 0 Å². The minimum absolute atomic E-state index is 0.230. The number of fused-ring (bicyclic) bond motifs is 3. The average Bonchev–Trinajstić information content (AvgIpc) is 3.00. The third-order valence-electron chi connectivity index (χ3n) is 4.55. The number of ether oxygens (including phenoxy) is 1. The molecule has 1 aliphatic carbocycles. The normalized spacial score (nSPS) is 14.2. The third kappa shape index (κ3) is 2.54. The molecule has 3 aromatic rings. The quantitative estimate of drug-likeness (QED) is 0.707. The number of aryl methyl sites for hydroxylation is 2. The Morgan fingerprint density at radius 2 is 1.88 bits per heavy atom. The van der Waals surface area contributed by atoms with Gasteiger partial charge in [0.05, 0.1) is 12.8 Å². The molecule has 24 heavy (non-hydrogen) atoms. The van der Waals surface area contributed by atoms with E-state index in [-0.39, 0.29) is 5.75 Å². The molecule has 0 saturated heterocycles. The molecule has 0 fully saturated rings. The summed E-state index contributed by atoms with van der Waals surface area (Å²) in [5.74, 6) is 2.08. The van der Waals surface area contributed by atoms with Crippen molar-refractivity contribution < 1.29 is 14.3 Å². The molecule has 1 aromatic heterocycles. The van der Waals surface area contributed by atoms with Crippen LogP contribution in [-0.4, -0.2) is 18.4 Å². The Morgan fingerprint density at radius 1 is 1.08 bits per heavy atom. The lowest BCUT2D eigenvalue weighted by Gasteiger charge is -2.09. The maximum atomic E-state index is 10.3. The minimum Gasteiger partial charge on any atom is -0.507 e. The van der Waals surface area contributed by atoms with Gasteiger partial charge in [0.2, 0.25) is 0 Å². The van der Waals surface area contributed by atoms with E-state index in [0.29, 0.717) is 0 Å². The smallest absolute Gasteiger partial charge is 0.135 e. The molecule has 4 rings (SSSR count). The SMILES string of the molecule is COc1ccc(N=Cc2c(O)ccc3oc4c(c23)CCCC4)cc1. The van der Waals surface area contributed by atoms with Crippen LogP contribution >= 0.6 is 0 Å². The van der Waals surface area contributed by atoms with Gasteiger partial charge in [-0.1, -0.05) is 0 Å². The van der Waals surface area contributed by atoms with E-state index in [9.17, 15) is 5.11 Å². The topological polar surface area (TPSA) is 55.0 Å². The van der Waals surface area contributed by atoms with Crippen LogP contribution in [0, 0.1) is 0 Å². The van der Waals surface area contributed by atoms with Gasteiger partial charge >= 0.3 is 0 Å². The van der Waals surface area contributed by atoms with Gasteiger partial charge in [-0.25, -0.2) is 0 Å². The van der Waals surface area contributed by atoms with Crippen LogP contribution in [0.25, 0.3) is 11.0 Å². The van der Waals surface area contributed by atoms with Crippen molar-refractivity contribution in [2.45, 2.75) is 25.7 Å². The van der Waals surface area contributed by atoms with Crippen molar-refractivity contribution in [3.8, 4) is 11.5 Å². The molecule has 1 aliphatic rings. The van der Waals surface area contributed by atoms with Crippen LogP contribution in [0.3, 0.4) is 0 Å². The number of benzene rings is 2. The van der Waals surface area contributed by atoms with Crippen molar-refractivity contribution in [3.63, 3.8) is 0 Å². The Hall–Kier alpha value is -2.75. The molecule has 0 spiro atoms. The van der Waals surface area contributed by atoms with Crippen LogP contribution in [0.5, 0.6) is 11.5 Å². The summed E-state index contributed by atoms with van der Waals surface area (Å²) >= 11 is 0. The van der Waals surface area contributed by atoms with Crippen LogP contribution < -0.4 is 4.74 Å². The standard InChI is InChI=1S/C20H19NO3/c1-23-14-8-6-13(7-9-14)21-12-16-17(22)10-11-19-20(16)15-4-2-3-5-18(15)24-19/h6-12,22H,2-5H2,1H3. The number of rotatable bonds is 3. The fourth-order valence-corrected chi connectivity index (χ4v) is 3.31. The van der Waals surface area contributed by atoms with Crippen LogP contribution in [0.4, 0.5) is 5.69 Å². The summed E-state index contributed by atoms with van der Waals surface area (Å²) < 4.78 is 11.1. The van der Waals surface area contributed by atoms with E-state index in [0.717, 1.165) is 59.4 Å². The second-order valence-electron chi connectivity index (χ2n) is 6.04. The maximum Gasteiger partial charge on any atom is 0.135 e. The predicted molar refractivity (Wildman–Crippen MR) is 94.8 cm³/mol. The van der Waals surface area contributed by atoms with Crippen molar-refractivity contribution >= 4 is 22.9 Å². The zero-order valence-corrected chi connectivity index (χ0v) is 13.6. The molecule has 0 bridgehead atoms. The molecule has 122 valence electrons. The van der Waals surface area contributed by atoms with E-state index >= 15 is 0 Å². The van der Waals surface area contributed by atoms with Gasteiger partial charge in [-0.05, 0) is 55.7 Å². The number of hydrogen-bond donors (Lipinski definition) is 1. The molecule has 0 atom stereocenters. The summed E-state index contributed by atoms with van der Waals surface area (Å²) in [6.45, 7) is 0. The van der Waals surface area contributed by atoms with Crippen molar-refractivity contribution in [2.75, 3.05) is 7.11 Å². The lowest BCUT2D eigenvalue weighted by atomic mass is 9.94. The molecular weight excluding hydrogens is 302 g/mol. The number of furan rings is 1. The number of hydrogen-bond acceptors (Lipinski definition) is 4. The molecule has 0 saturated carbocycles. The number of phenolic OH excluding ortho intramolecular Hbond substituents is 1. The lowest BCUT2D eigenvalue weighted by Crippen LogP contribution is -1.99. The molecule has 4 heteroatoms. The molecular formula is C20H19NO3. The zero-order chi connectivity index (χ0) is 16.5. The van der Waals surface area contributed by atoms with E-state index in [1.807, 2.05) is 30.3 Å². The van der Waals surface area contributed by atoms with Gasteiger partial charge in [0.15, 0.2) is 0 Å². The number of aromatic hydroxyl groups is 1. The molecule has 0 aliphatic heterocycles. The highest BCUT2D eigenvalue weighted by atomic mass is 16.5. The number of phenols is 1. The first-order valence-electron chi connectivity index (χ1n) is 8.20. The average molecular weight is 321 g/mol. The highest BCUT2D eigenvalue weighted by molar-refractivity contribution is 6.03. The summed E-state index contributed by atoms with van der Waals surface area (Å²) in [5.41, 5.74) is 3.60. The second-order valence-corrected chi connectivity index (χ2v) is 6.04. The molecule has 2 aromatic carbocycles. The van der Waals surface area contributed by atoms with E-state index in [1.165, 1.54) is 5.56 Å². The van der Waals surface area contributed by atoms with Crippen molar-refractivity contribution in [2.24, 2.45) is 4.99 Å². The maximum absolute atomic E-state index is 10.3. The van der Waals surface area contributed by atoms with Gasteiger partial charge in [0.1, 0.15) is 22.8 Å². The summed E-state index contributed by atoms with van der Waals surface area (Å²) in [4.78, 5) is 4.51. The fraction of sp³-hybridized carbons (Fsp3) is 0.250. The fourth-order valence-electron chi connectivity index (χ4n) is 3.31. The second kappa shape index (κ2) is 6.04. The van der Waals surface area contributed by atoms with Crippen LogP contribution in [0.1, 0.15) is 29.7 Å². The highest BCUT2D eigenvalue weighted by Crippen LogP contribution is 2.36. The van der Waals surface area contributed by atoms with Crippen molar-refractivity contribution in [3.05, 3.63) is 53.3 Å². The Morgan fingerprint density at radius 3 is 2.67 bits per heavy atom. The molecule has 0 unspecified atom stereocenters. The first kappa shape index (κ1) is 14.8. The van der Waals surface area contributed by atoms with Crippen LogP contribution in [0.2, 0.25) is 0 Å². The Bertz CT molecular complexity index is 907. The molecule has 1 N–H and O–H groups in total. The molecule has 0 amide bonds. The lowest BCUT2D eigenvalue weighted by molar-refractivity contribution is 0.415. The third-order valence-corrected chi connectivity index (χ3v) is 4.55. The highest BCUT2D eigenvalue weighted by Gasteiger charge is 2.21. The van der Waals surface area contributed by atoms with Crippen LogP contribution in [0.15, 0.2) is 45.8 Å². The molecule has 0 radical (unpaired) electrons. The Kier molecular flexibility index (Phi) is 3.73. The number of aliphatic imine (C=N–C) groups is 1. The van der Waals surface area contributed by atoms with Crippen molar-refractivity contribution in [1.29, 1.82) is 0 Å². The van der Waals surface area contributed by atoms with Gasteiger partial charge < -0.3 is 14.3 Å². The van der Waals surface area contributed by atoms with Gasteiger partial charge in [0, 0.05) is 29.1 Å². The van der Waals surface area contributed by atoms with Crippen LogP contribution in [-0.2, 0) is 12.8 Å². The predicted octanol–water partition coefficient (Wildman–Crippen LogP) is 4.78. The Labute approximate surface area is 140 Å². The summed E-state index contributed by atoms with van der Waals surface area (Å²) in [5, 5.41) is 11.3. The Balaban J connectivity index is 1.78. The number of nitrogens with zero attached hydrogens (tertiary/aromatic N) is 1. The monoisotopic (exact) mass is 321 g/mol. The zero-order valence-electron chi connectivity index (χ0n) is 13.6. The van der Waals surface area contributed by atoms with E-state index in [2.05, 4.69) is 4.99 Å². The van der Waals surface area contributed by atoms with E-state index < -0.39 is 0 Å². The van der Waals surface area contributed by atoms with E-state index in [1.54, 1.807) is 19.4 Å². The van der Waals surface area contributed by atoms with Crippen molar-refractivity contribution in [1.82, 2.24) is 0 Å². The molecule has 1 heterocycles. The minimum atomic E-state index is 0.230. The summed E-state index contributed by atoms with van der Waals surface area (Å²) in [6, 6.07) is 11.0. The van der Waals surface area contributed by atoms with Gasteiger partial charge in [-0.15, -0.1) is 0 Å². The van der Waals surface area contributed by atoms with E-state index in [4.69, 9.17) is 9.15 Å². The summed E-state index contributed by atoms with van der Waals surface area (Å²) in [7, 11) is 1.64. The first-order chi connectivity index (χ1) is 11.8.